The van der Waals surface area contributed by atoms with Gasteiger partial charge in [0.1, 0.15) is 6.54 Å². The van der Waals surface area contributed by atoms with Crippen LogP contribution in [-0.2, 0) is 17.9 Å². The first kappa shape index (κ1) is 18.9. The van der Waals surface area contributed by atoms with E-state index >= 15 is 0 Å². The molecule has 0 atom stereocenters. The van der Waals surface area contributed by atoms with E-state index in [1.54, 1.807) is 11.3 Å². The maximum absolute atomic E-state index is 12.7. The Morgan fingerprint density at radius 2 is 1.83 bits per heavy atom. The van der Waals surface area contributed by atoms with Gasteiger partial charge in [0, 0.05) is 43.7 Å². The van der Waals surface area contributed by atoms with E-state index in [0.29, 0.717) is 5.82 Å². The van der Waals surface area contributed by atoms with Crippen molar-refractivity contribution in [2.45, 2.75) is 13.1 Å². The minimum absolute atomic E-state index is 0.0362. The van der Waals surface area contributed by atoms with Crippen LogP contribution in [0.1, 0.15) is 5.56 Å². The first-order valence-corrected chi connectivity index (χ1v) is 11.0. The molecule has 1 fully saturated rings. The summed E-state index contributed by atoms with van der Waals surface area (Å²) in [4.78, 5) is 18.4. The summed E-state index contributed by atoms with van der Waals surface area (Å²) >= 11 is 1.58. The van der Waals surface area contributed by atoms with Gasteiger partial charge in [0.2, 0.25) is 11.7 Å². The van der Waals surface area contributed by atoms with E-state index in [1.165, 1.54) is 21.1 Å². The van der Waals surface area contributed by atoms with E-state index in [1.807, 2.05) is 21.7 Å². The fourth-order valence-electron chi connectivity index (χ4n) is 3.87. The lowest BCUT2D eigenvalue weighted by Gasteiger charge is -2.34. The zero-order valence-corrected chi connectivity index (χ0v) is 17.3. The molecule has 8 heteroatoms. The van der Waals surface area contributed by atoms with Crippen molar-refractivity contribution < 1.29 is 4.79 Å². The van der Waals surface area contributed by atoms with Crippen molar-refractivity contribution in [1.82, 2.24) is 30.0 Å². The number of carbonyl (C=O) groups is 1. The molecule has 3 heterocycles. The van der Waals surface area contributed by atoms with Crippen LogP contribution < -0.4 is 0 Å². The van der Waals surface area contributed by atoms with Gasteiger partial charge < -0.3 is 4.90 Å². The minimum atomic E-state index is 0.0362. The van der Waals surface area contributed by atoms with Crippen LogP contribution in [0, 0.1) is 0 Å². The summed E-state index contributed by atoms with van der Waals surface area (Å²) in [5.41, 5.74) is 2.27. The van der Waals surface area contributed by atoms with Gasteiger partial charge in [0.05, 0.1) is 0 Å². The van der Waals surface area contributed by atoms with E-state index in [2.05, 4.69) is 62.8 Å². The standard InChI is InChI=1S/C22H22N6OS/c29-21(15-28-24-22(23-25-28)19-8-13-30-16-19)27-11-9-26(10-12-27)14-18-6-3-5-17-4-1-2-7-20(17)18/h1-8,13,16H,9-12,14-15H2. The molecule has 0 bridgehead atoms. The van der Waals surface area contributed by atoms with E-state index < -0.39 is 0 Å². The maximum Gasteiger partial charge on any atom is 0.246 e. The van der Waals surface area contributed by atoms with Crippen molar-refractivity contribution in [2.24, 2.45) is 0 Å². The molecular weight excluding hydrogens is 396 g/mol. The van der Waals surface area contributed by atoms with Crippen LogP contribution in [0.4, 0.5) is 0 Å². The second-order valence-corrected chi connectivity index (χ2v) is 8.23. The highest BCUT2D eigenvalue weighted by Gasteiger charge is 2.22. The average Bonchev–Trinajstić information content (AvgIpc) is 3.47. The van der Waals surface area contributed by atoms with Crippen LogP contribution in [-0.4, -0.2) is 62.1 Å². The molecule has 2 aromatic heterocycles. The number of amides is 1. The van der Waals surface area contributed by atoms with Gasteiger partial charge in [-0.15, -0.1) is 10.2 Å². The number of piperazine rings is 1. The predicted molar refractivity (Wildman–Crippen MR) is 117 cm³/mol. The zero-order chi connectivity index (χ0) is 20.3. The van der Waals surface area contributed by atoms with Gasteiger partial charge in [-0.25, -0.2) is 0 Å². The second-order valence-electron chi connectivity index (χ2n) is 7.45. The normalized spacial score (nSPS) is 15.0. The summed E-state index contributed by atoms with van der Waals surface area (Å²) in [6.45, 7) is 4.18. The van der Waals surface area contributed by atoms with Crippen molar-refractivity contribution in [1.29, 1.82) is 0 Å². The number of hydrogen-bond acceptors (Lipinski definition) is 6. The Kier molecular flexibility index (Phi) is 5.25. The Labute approximate surface area is 178 Å². The average molecular weight is 419 g/mol. The molecule has 0 radical (unpaired) electrons. The summed E-state index contributed by atoms with van der Waals surface area (Å²) in [5, 5.41) is 18.9. The van der Waals surface area contributed by atoms with Gasteiger partial charge in [-0.2, -0.15) is 16.1 Å². The molecule has 1 aliphatic rings. The molecule has 0 aliphatic carbocycles. The van der Waals surface area contributed by atoms with Gasteiger partial charge in [0.25, 0.3) is 0 Å². The molecule has 1 saturated heterocycles. The Bertz CT molecular complexity index is 1140. The lowest BCUT2D eigenvalue weighted by molar-refractivity contribution is -0.134. The SMILES string of the molecule is O=C(Cn1nnc(-c2ccsc2)n1)N1CCN(Cc2cccc3ccccc23)CC1. The van der Waals surface area contributed by atoms with E-state index in [9.17, 15) is 4.79 Å². The fourth-order valence-corrected chi connectivity index (χ4v) is 4.50. The van der Waals surface area contributed by atoms with Crippen LogP contribution in [0.25, 0.3) is 22.2 Å². The molecule has 0 unspecified atom stereocenters. The molecule has 152 valence electrons. The van der Waals surface area contributed by atoms with Crippen LogP contribution in [0.15, 0.2) is 59.3 Å². The molecule has 4 aromatic rings. The van der Waals surface area contributed by atoms with Crippen LogP contribution >= 0.6 is 11.3 Å². The molecular formula is C22H22N6OS. The molecule has 0 N–H and O–H groups in total. The number of benzene rings is 2. The third-order valence-corrected chi connectivity index (χ3v) is 6.19. The van der Waals surface area contributed by atoms with Crippen molar-refractivity contribution in [2.75, 3.05) is 26.2 Å². The summed E-state index contributed by atoms with van der Waals surface area (Å²) in [7, 11) is 0. The lowest BCUT2D eigenvalue weighted by Crippen LogP contribution is -2.49. The summed E-state index contributed by atoms with van der Waals surface area (Å²) in [5.74, 6) is 0.595. The molecule has 2 aromatic carbocycles. The van der Waals surface area contributed by atoms with Gasteiger partial charge in [-0.1, -0.05) is 42.5 Å². The maximum atomic E-state index is 12.7. The Balaban J connectivity index is 1.17. The molecule has 0 spiro atoms. The Hall–Kier alpha value is -3.10. The first-order valence-electron chi connectivity index (χ1n) is 10.0. The van der Waals surface area contributed by atoms with Gasteiger partial charge in [0.15, 0.2) is 0 Å². The minimum Gasteiger partial charge on any atom is -0.338 e. The third-order valence-electron chi connectivity index (χ3n) is 5.51. The topological polar surface area (TPSA) is 67.2 Å². The third kappa shape index (κ3) is 3.96. The van der Waals surface area contributed by atoms with Gasteiger partial charge in [-0.05, 0) is 33.0 Å². The lowest BCUT2D eigenvalue weighted by atomic mass is 10.0. The number of hydrogen-bond donors (Lipinski definition) is 0. The molecule has 7 nitrogen and oxygen atoms in total. The number of carbonyl (C=O) groups excluding carboxylic acids is 1. The number of fused-ring (bicyclic) bond motifs is 1. The second kappa shape index (κ2) is 8.33. The van der Waals surface area contributed by atoms with Gasteiger partial charge >= 0.3 is 0 Å². The number of rotatable bonds is 5. The molecule has 30 heavy (non-hydrogen) atoms. The fraction of sp³-hybridized carbons (Fsp3) is 0.273. The predicted octanol–water partition coefficient (Wildman–Crippen LogP) is 2.90. The quantitative estimate of drug-likeness (QED) is 0.499. The number of aromatic nitrogens is 4. The monoisotopic (exact) mass is 418 g/mol. The van der Waals surface area contributed by atoms with Crippen molar-refractivity contribution in [3.05, 3.63) is 64.9 Å². The number of nitrogens with zero attached hydrogens (tertiary/aromatic N) is 6. The highest BCUT2D eigenvalue weighted by atomic mass is 32.1. The highest BCUT2D eigenvalue weighted by Crippen LogP contribution is 2.21. The van der Waals surface area contributed by atoms with Crippen molar-refractivity contribution in [3.63, 3.8) is 0 Å². The summed E-state index contributed by atoms with van der Waals surface area (Å²) in [6.07, 6.45) is 0. The molecule has 1 amide bonds. The van der Waals surface area contributed by atoms with Crippen LogP contribution in [0.3, 0.4) is 0 Å². The first-order chi connectivity index (χ1) is 14.8. The molecule has 0 saturated carbocycles. The van der Waals surface area contributed by atoms with Crippen LogP contribution in [0.5, 0.6) is 0 Å². The zero-order valence-electron chi connectivity index (χ0n) is 16.5. The smallest absolute Gasteiger partial charge is 0.246 e. The van der Waals surface area contributed by atoms with E-state index in [0.717, 1.165) is 38.3 Å². The molecule has 5 rings (SSSR count). The highest BCUT2D eigenvalue weighted by molar-refractivity contribution is 7.08. The Morgan fingerprint density at radius 1 is 1.00 bits per heavy atom. The van der Waals surface area contributed by atoms with E-state index in [4.69, 9.17) is 0 Å². The van der Waals surface area contributed by atoms with Crippen LogP contribution in [0.2, 0.25) is 0 Å². The van der Waals surface area contributed by atoms with E-state index in [-0.39, 0.29) is 12.5 Å². The van der Waals surface area contributed by atoms with Gasteiger partial charge in [-0.3, -0.25) is 9.69 Å². The summed E-state index contributed by atoms with van der Waals surface area (Å²) < 4.78 is 0. The molecule has 1 aliphatic heterocycles. The number of tetrazole rings is 1. The summed E-state index contributed by atoms with van der Waals surface area (Å²) in [6, 6.07) is 16.9. The van der Waals surface area contributed by atoms with Crippen molar-refractivity contribution in [3.8, 4) is 11.4 Å². The largest absolute Gasteiger partial charge is 0.338 e. The van der Waals surface area contributed by atoms with Crippen molar-refractivity contribution >= 4 is 28.0 Å². The Morgan fingerprint density at radius 3 is 2.67 bits per heavy atom. The number of thiophene rings is 1.